The average Bonchev–Trinajstić information content (AvgIpc) is 1.89. The van der Waals surface area contributed by atoms with Gasteiger partial charge in [-0.05, 0) is 13.8 Å². The molecule has 0 unspecified atom stereocenters. The summed E-state index contributed by atoms with van der Waals surface area (Å²) in [6.45, 7) is 7.35. The van der Waals surface area contributed by atoms with E-state index in [0.29, 0.717) is 12.2 Å². The van der Waals surface area contributed by atoms with Crippen LogP contribution in [-0.4, -0.2) is 12.6 Å². The molecule has 0 bridgehead atoms. The number of carbonyl (C=O) groups excluding carboxylic acids is 1. The van der Waals surface area contributed by atoms with E-state index in [4.69, 9.17) is 4.74 Å². The first-order valence-electron chi connectivity index (χ1n) is 3.18. The van der Waals surface area contributed by atoms with Gasteiger partial charge < -0.3 is 4.74 Å². The van der Waals surface area contributed by atoms with Gasteiger partial charge in [-0.25, -0.2) is 4.79 Å². The van der Waals surface area contributed by atoms with Crippen molar-refractivity contribution in [1.29, 1.82) is 0 Å². The van der Waals surface area contributed by atoms with Crippen molar-refractivity contribution in [2.24, 2.45) is 0 Å². The van der Waals surface area contributed by atoms with Crippen molar-refractivity contribution >= 4 is 5.97 Å². The molecule has 2 heteroatoms. The predicted molar refractivity (Wildman–Crippen MR) is 40.6 cm³/mol. The second-order valence-electron chi connectivity index (χ2n) is 1.81. The van der Waals surface area contributed by atoms with Crippen LogP contribution in [0.1, 0.15) is 13.8 Å². The summed E-state index contributed by atoms with van der Waals surface area (Å²) < 4.78 is 4.70. The topological polar surface area (TPSA) is 26.3 Å². The molecule has 0 aliphatic rings. The Morgan fingerprint density at radius 3 is 2.70 bits per heavy atom. The zero-order valence-corrected chi connectivity index (χ0v) is 6.39. The zero-order valence-electron chi connectivity index (χ0n) is 6.39. The smallest absolute Gasteiger partial charge is 0.333 e. The van der Waals surface area contributed by atoms with Crippen LogP contribution in [0.15, 0.2) is 24.3 Å². The lowest BCUT2D eigenvalue weighted by atomic mass is 10.3. The second kappa shape index (κ2) is 4.79. The van der Waals surface area contributed by atoms with Crippen LogP contribution >= 0.6 is 0 Å². The SMILES string of the molecule is C=CC=C(C)C(=O)OCC. The quantitative estimate of drug-likeness (QED) is 0.338. The van der Waals surface area contributed by atoms with Crippen molar-refractivity contribution in [3.8, 4) is 0 Å². The summed E-state index contributed by atoms with van der Waals surface area (Å²) in [7, 11) is 0. The summed E-state index contributed by atoms with van der Waals surface area (Å²) in [4.78, 5) is 10.8. The highest BCUT2D eigenvalue weighted by Crippen LogP contribution is 1.95. The molecule has 0 saturated heterocycles. The molecule has 0 aromatic carbocycles. The molecule has 0 spiro atoms. The van der Waals surface area contributed by atoms with Gasteiger partial charge in [0.15, 0.2) is 0 Å². The molecular weight excluding hydrogens is 128 g/mol. The lowest BCUT2D eigenvalue weighted by molar-refractivity contribution is -0.138. The molecule has 0 aliphatic carbocycles. The van der Waals surface area contributed by atoms with E-state index < -0.39 is 0 Å². The van der Waals surface area contributed by atoms with Crippen LogP contribution in [0.25, 0.3) is 0 Å². The first-order chi connectivity index (χ1) is 4.72. The van der Waals surface area contributed by atoms with Crippen molar-refractivity contribution in [1.82, 2.24) is 0 Å². The van der Waals surface area contributed by atoms with Gasteiger partial charge in [-0.15, -0.1) is 0 Å². The molecule has 2 nitrogen and oxygen atoms in total. The summed E-state index contributed by atoms with van der Waals surface area (Å²) >= 11 is 0. The van der Waals surface area contributed by atoms with Crippen molar-refractivity contribution < 1.29 is 9.53 Å². The van der Waals surface area contributed by atoms with Crippen LogP contribution < -0.4 is 0 Å². The second-order valence-corrected chi connectivity index (χ2v) is 1.81. The minimum Gasteiger partial charge on any atom is -0.463 e. The maximum atomic E-state index is 10.8. The number of ether oxygens (including phenoxy) is 1. The lowest BCUT2D eigenvalue weighted by Crippen LogP contribution is -2.04. The van der Waals surface area contributed by atoms with Crippen molar-refractivity contribution in [3.63, 3.8) is 0 Å². The number of esters is 1. The van der Waals surface area contributed by atoms with Crippen LogP contribution in [0.4, 0.5) is 0 Å². The molecule has 56 valence electrons. The summed E-state index contributed by atoms with van der Waals surface area (Å²) in [5.41, 5.74) is 0.580. The third-order valence-electron chi connectivity index (χ3n) is 0.965. The van der Waals surface area contributed by atoms with Gasteiger partial charge in [0, 0.05) is 5.57 Å². The molecule has 0 N–H and O–H groups in total. The number of allylic oxidation sites excluding steroid dienone is 2. The molecule has 10 heavy (non-hydrogen) atoms. The molecule has 0 fully saturated rings. The molecule has 0 heterocycles. The summed E-state index contributed by atoms with van der Waals surface area (Å²) in [5, 5.41) is 0. The van der Waals surface area contributed by atoms with Crippen molar-refractivity contribution in [2.75, 3.05) is 6.61 Å². The van der Waals surface area contributed by atoms with Crippen LogP contribution in [0.3, 0.4) is 0 Å². The standard InChI is InChI=1S/C8H12O2/c1-4-6-7(3)8(9)10-5-2/h4,6H,1,5H2,2-3H3. The van der Waals surface area contributed by atoms with E-state index in [2.05, 4.69) is 6.58 Å². The van der Waals surface area contributed by atoms with E-state index in [1.807, 2.05) is 0 Å². The Balaban J connectivity index is 3.93. The van der Waals surface area contributed by atoms with Crippen LogP contribution in [-0.2, 0) is 9.53 Å². The molecule has 0 saturated carbocycles. The summed E-state index contributed by atoms with van der Waals surface area (Å²) in [6, 6.07) is 0. The van der Waals surface area contributed by atoms with E-state index >= 15 is 0 Å². The van der Waals surface area contributed by atoms with Gasteiger partial charge in [-0.3, -0.25) is 0 Å². The van der Waals surface area contributed by atoms with E-state index in [0.717, 1.165) is 0 Å². The Kier molecular flexibility index (Phi) is 4.29. The molecule has 0 aromatic rings. The highest BCUT2D eigenvalue weighted by Gasteiger charge is 2.00. The highest BCUT2D eigenvalue weighted by molar-refractivity contribution is 5.88. The van der Waals surface area contributed by atoms with E-state index in [1.165, 1.54) is 0 Å². The Labute approximate surface area is 61.2 Å². The molecule has 0 rings (SSSR count). The first-order valence-corrected chi connectivity index (χ1v) is 3.18. The number of hydrogen-bond donors (Lipinski definition) is 0. The minimum absolute atomic E-state index is 0.276. The van der Waals surface area contributed by atoms with Gasteiger partial charge in [-0.2, -0.15) is 0 Å². The molecule has 0 aliphatic heterocycles. The highest BCUT2D eigenvalue weighted by atomic mass is 16.5. The normalized spacial score (nSPS) is 10.8. The maximum absolute atomic E-state index is 10.8. The molecule has 0 aromatic heterocycles. The molecule has 0 amide bonds. The summed E-state index contributed by atoms with van der Waals surface area (Å²) in [5.74, 6) is -0.276. The Morgan fingerprint density at radius 2 is 2.30 bits per heavy atom. The lowest BCUT2D eigenvalue weighted by Gasteiger charge is -1.98. The Hall–Kier alpha value is -1.05. The molecular formula is C8H12O2. The fourth-order valence-electron chi connectivity index (χ4n) is 0.490. The van der Waals surface area contributed by atoms with Gasteiger partial charge in [0.05, 0.1) is 6.61 Å². The third-order valence-corrected chi connectivity index (χ3v) is 0.965. The monoisotopic (exact) mass is 140 g/mol. The largest absolute Gasteiger partial charge is 0.463 e. The van der Waals surface area contributed by atoms with Gasteiger partial charge in [0.1, 0.15) is 0 Å². The van der Waals surface area contributed by atoms with E-state index in [1.54, 1.807) is 26.0 Å². The molecule has 0 atom stereocenters. The Morgan fingerprint density at radius 1 is 1.70 bits per heavy atom. The van der Waals surface area contributed by atoms with Gasteiger partial charge in [0.2, 0.25) is 0 Å². The third kappa shape index (κ3) is 3.07. The van der Waals surface area contributed by atoms with Crippen molar-refractivity contribution in [3.05, 3.63) is 24.3 Å². The first kappa shape index (κ1) is 8.95. The fraction of sp³-hybridized carbons (Fsp3) is 0.375. The molecule has 0 radical (unpaired) electrons. The number of hydrogen-bond acceptors (Lipinski definition) is 2. The summed E-state index contributed by atoms with van der Waals surface area (Å²) in [6.07, 6.45) is 3.18. The van der Waals surface area contributed by atoms with Gasteiger partial charge >= 0.3 is 5.97 Å². The van der Waals surface area contributed by atoms with Crippen LogP contribution in [0.2, 0.25) is 0 Å². The van der Waals surface area contributed by atoms with Crippen molar-refractivity contribution in [2.45, 2.75) is 13.8 Å². The van der Waals surface area contributed by atoms with Gasteiger partial charge in [0.25, 0.3) is 0 Å². The van der Waals surface area contributed by atoms with Gasteiger partial charge in [-0.1, -0.05) is 18.7 Å². The zero-order chi connectivity index (χ0) is 7.98. The fourth-order valence-corrected chi connectivity index (χ4v) is 0.490. The van der Waals surface area contributed by atoms with Crippen LogP contribution in [0, 0.1) is 0 Å². The number of carbonyl (C=O) groups is 1. The average molecular weight is 140 g/mol. The predicted octanol–water partition coefficient (Wildman–Crippen LogP) is 1.68. The number of rotatable bonds is 3. The van der Waals surface area contributed by atoms with E-state index in [-0.39, 0.29) is 5.97 Å². The minimum atomic E-state index is -0.276. The van der Waals surface area contributed by atoms with Crippen LogP contribution in [0.5, 0.6) is 0 Å². The maximum Gasteiger partial charge on any atom is 0.333 e. The van der Waals surface area contributed by atoms with E-state index in [9.17, 15) is 4.79 Å². The Bertz CT molecular complexity index is 157.